The molecule has 12 nitrogen and oxygen atoms in total. The second-order valence-corrected chi connectivity index (χ2v) is 13.4. The van der Waals surface area contributed by atoms with Gasteiger partial charge in [0.1, 0.15) is 29.3 Å². The van der Waals surface area contributed by atoms with Crippen LogP contribution < -0.4 is 9.80 Å². The number of rotatable bonds is 12. The average molecular weight is 743 g/mol. The molecule has 6 aromatic rings. The first-order valence-electron chi connectivity index (χ1n) is 17.5. The number of alkyl halides is 2. The van der Waals surface area contributed by atoms with Gasteiger partial charge in [0.25, 0.3) is 0 Å². The molecule has 2 N–H and O–H groups in total. The van der Waals surface area contributed by atoms with Crippen LogP contribution in [0.4, 0.5) is 28.9 Å². The summed E-state index contributed by atoms with van der Waals surface area (Å²) in [5.41, 5.74) is 0.255. The van der Waals surface area contributed by atoms with E-state index in [4.69, 9.17) is 0 Å². The molecule has 1 unspecified atom stereocenters. The lowest BCUT2D eigenvalue weighted by Gasteiger charge is -2.37. The largest absolute Gasteiger partial charge is 0.391 e. The fraction of sp³-hybridized carbons (Fsp3) is 0.316. The van der Waals surface area contributed by atoms with Crippen LogP contribution in [0.15, 0.2) is 97.6 Å². The zero-order chi connectivity index (χ0) is 38.0. The number of halogens is 4. The third-order valence-corrected chi connectivity index (χ3v) is 9.96. The molecule has 0 spiro atoms. The van der Waals surface area contributed by atoms with E-state index in [9.17, 15) is 19.0 Å². The smallest absolute Gasteiger partial charge is 0.323 e. The predicted molar refractivity (Wildman–Crippen MR) is 193 cm³/mol. The Hall–Kier alpha value is -5.74. The van der Waals surface area contributed by atoms with Gasteiger partial charge < -0.3 is 20.0 Å². The maximum atomic E-state index is 16.2. The summed E-state index contributed by atoms with van der Waals surface area (Å²) in [5, 5.41) is 40.4. The lowest BCUT2D eigenvalue weighted by Crippen LogP contribution is -2.48. The van der Waals surface area contributed by atoms with Crippen molar-refractivity contribution in [1.29, 1.82) is 0 Å². The molecule has 0 saturated carbocycles. The predicted octanol–water partition coefficient (Wildman–Crippen LogP) is 5.61. The number of tetrazole rings is 1. The number of nitrogens with zero attached hydrogens (tertiary/aromatic N) is 10. The molecule has 1 fully saturated rings. The van der Waals surface area contributed by atoms with Crippen LogP contribution in [0.2, 0.25) is 0 Å². The monoisotopic (exact) mass is 742 g/mol. The topological polar surface area (TPSA) is 134 Å². The molecule has 0 amide bonds. The molecule has 0 radical (unpaired) electrons. The molecule has 54 heavy (non-hydrogen) atoms. The van der Waals surface area contributed by atoms with Gasteiger partial charge in [-0.05, 0) is 71.8 Å². The zero-order valence-electron chi connectivity index (χ0n) is 29.5. The van der Waals surface area contributed by atoms with Crippen molar-refractivity contribution in [3.05, 3.63) is 120 Å². The Morgan fingerprint density at radius 1 is 0.815 bits per heavy atom. The highest BCUT2D eigenvalue weighted by molar-refractivity contribution is 5.66. The molecular formula is C38H38F4N10O2. The van der Waals surface area contributed by atoms with Gasteiger partial charge in [-0.3, -0.25) is 4.98 Å². The van der Waals surface area contributed by atoms with E-state index in [0.717, 1.165) is 90.0 Å². The number of hydrogen-bond acceptors (Lipinski definition) is 10. The van der Waals surface area contributed by atoms with Gasteiger partial charge >= 0.3 is 5.92 Å². The quantitative estimate of drug-likeness (QED) is 0.153. The number of pyridine rings is 1. The minimum absolute atomic E-state index is 0.127. The Labute approximate surface area is 308 Å². The van der Waals surface area contributed by atoms with E-state index in [-0.39, 0.29) is 6.04 Å². The molecule has 3 atom stereocenters. The van der Waals surface area contributed by atoms with E-state index < -0.39 is 47.1 Å². The van der Waals surface area contributed by atoms with Gasteiger partial charge in [0, 0.05) is 66.5 Å². The summed E-state index contributed by atoms with van der Waals surface area (Å²) in [6.07, 6.45) is 4.35. The Balaban J connectivity index is 0.998. The lowest BCUT2D eigenvalue weighted by atomic mass is 9.84. The van der Waals surface area contributed by atoms with Crippen molar-refractivity contribution in [1.82, 2.24) is 40.2 Å². The molecular weight excluding hydrogens is 704 g/mol. The molecule has 1 aliphatic heterocycles. The summed E-state index contributed by atoms with van der Waals surface area (Å²) in [6.45, 7) is 6.03. The molecule has 1 aliphatic rings. The summed E-state index contributed by atoms with van der Waals surface area (Å²) in [7, 11) is 0. The number of aliphatic hydroxyl groups is 2. The van der Waals surface area contributed by atoms with Crippen molar-refractivity contribution in [2.45, 2.75) is 50.5 Å². The number of hydrogen-bond donors (Lipinski definition) is 2. The molecule has 3 aromatic heterocycles. The minimum Gasteiger partial charge on any atom is -0.391 e. The van der Waals surface area contributed by atoms with Crippen LogP contribution in [0.1, 0.15) is 37.6 Å². The fourth-order valence-electron chi connectivity index (χ4n) is 6.88. The van der Waals surface area contributed by atoms with Crippen LogP contribution in [0.5, 0.6) is 0 Å². The summed E-state index contributed by atoms with van der Waals surface area (Å²) < 4.78 is 63.4. The molecule has 0 bridgehead atoms. The molecule has 280 valence electrons. The Morgan fingerprint density at radius 3 is 1.98 bits per heavy atom. The second kappa shape index (κ2) is 14.9. The molecule has 1 saturated heterocycles. The minimum atomic E-state index is -4.15. The van der Waals surface area contributed by atoms with Crippen molar-refractivity contribution in [3.8, 4) is 22.4 Å². The average Bonchev–Trinajstić information content (AvgIpc) is 3.88. The summed E-state index contributed by atoms with van der Waals surface area (Å²) in [4.78, 5) is 8.59. The normalized spacial score (nSPS) is 15.9. The standard InChI is InChI=1S/C38H38F4N10O2/c1-3-35(25(2)53)52-22-34(45-47-52)27-6-12-31(13-7-27)50-18-16-49(17-19-50)30-10-4-26(5-11-30)28-8-15-36(43-21-28)38(41,42)37(54,23-51-24-44-46-48-51)32-14-9-29(39)20-33(32)40/h4-15,20-22,24-25,35,53-54H,3,16-19,23H2,1-2H3/t25-,35-,37?/m0/s1. The van der Waals surface area contributed by atoms with Gasteiger partial charge in [-0.1, -0.05) is 42.5 Å². The first-order chi connectivity index (χ1) is 26.0. The van der Waals surface area contributed by atoms with Gasteiger partial charge in [-0.2, -0.15) is 8.78 Å². The highest BCUT2D eigenvalue weighted by Gasteiger charge is 2.58. The number of anilines is 2. The molecule has 4 heterocycles. The lowest BCUT2D eigenvalue weighted by molar-refractivity contribution is -0.207. The van der Waals surface area contributed by atoms with Crippen molar-refractivity contribution < 1.29 is 27.8 Å². The SMILES string of the molecule is CC[C@@H]([C@H](C)O)n1cc(-c2ccc(N3CCN(c4ccc(-c5ccc(C(F)(F)C(O)(Cn6cnnn6)c6ccc(F)cc6F)nc5)cc4)CC3)cc2)nn1. The van der Waals surface area contributed by atoms with E-state index in [2.05, 4.69) is 52.8 Å². The van der Waals surface area contributed by atoms with E-state index in [0.29, 0.717) is 11.6 Å². The summed E-state index contributed by atoms with van der Waals surface area (Å²) in [5.74, 6) is -6.49. The van der Waals surface area contributed by atoms with Crippen molar-refractivity contribution in [3.63, 3.8) is 0 Å². The summed E-state index contributed by atoms with van der Waals surface area (Å²) in [6, 6.07) is 20.3. The van der Waals surface area contributed by atoms with E-state index in [1.165, 1.54) is 12.3 Å². The molecule has 0 aliphatic carbocycles. The number of piperazine rings is 1. The Morgan fingerprint density at radius 2 is 1.44 bits per heavy atom. The highest BCUT2D eigenvalue weighted by Crippen LogP contribution is 2.47. The van der Waals surface area contributed by atoms with Crippen LogP contribution >= 0.6 is 0 Å². The van der Waals surface area contributed by atoms with Crippen LogP contribution in [-0.2, 0) is 18.1 Å². The summed E-state index contributed by atoms with van der Waals surface area (Å²) >= 11 is 0. The maximum Gasteiger partial charge on any atom is 0.323 e. The molecule has 16 heteroatoms. The van der Waals surface area contributed by atoms with Crippen LogP contribution in [-0.4, -0.2) is 82.7 Å². The maximum absolute atomic E-state index is 16.2. The van der Waals surface area contributed by atoms with Gasteiger partial charge in [0.15, 0.2) is 5.60 Å². The molecule has 7 rings (SSSR count). The van der Waals surface area contributed by atoms with Crippen molar-refractivity contribution >= 4 is 11.4 Å². The number of aromatic nitrogens is 8. The van der Waals surface area contributed by atoms with Gasteiger partial charge in [-0.15, -0.1) is 10.2 Å². The van der Waals surface area contributed by atoms with E-state index in [1.807, 2.05) is 49.5 Å². The number of aliphatic hydroxyl groups excluding tert-OH is 1. The highest BCUT2D eigenvalue weighted by atomic mass is 19.3. The fourth-order valence-corrected chi connectivity index (χ4v) is 6.88. The third kappa shape index (κ3) is 7.13. The van der Waals surface area contributed by atoms with Crippen LogP contribution in [0.25, 0.3) is 22.4 Å². The third-order valence-electron chi connectivity index (χ3n) is 9.96. The van der Waals surface area contributed by atoms with E-state index >= 15 is 8.78 Å². The van der Waals surface area contributed by atoms with Crippen molar-refractivity contribution in [2.24, 2.45) is 0 Å². The first-order valence-corrected chi connectivity index (χ1v) is 17.5. The Kier molecular flexibility index (Phi) is 10.1. The van der Waals surface area contributed by atoms with Crippen LogP contribution in [0.3, 0.4) is 0 Å². The molecule has 3 aromatic carbocycles. The first kappa shape index (κ1) is 36.6. The zero-order valence-corrected chi connectivity index (χ0v) is 29.5. The number of benzene rings is 3. The van der Waals surface area contributed by atoms with Gasteiger partial charge in [0.05, 0.1) is 24.9 Å². The second-order valence-electron chi connectivity index (χ2n) is 13.4. The Bertz CT molecular complexity index is 2160. The van der Waals surface area contributed by atoms with E-state index in [1.54, 1.807) is 11.6 Å². The van der Waals surface area contributed by atoms with Gasteiger partial charge in [0.2, 0.25) is 0 Å². The van der Waals surface area contributed by atoms with Crippen molar-refractivity contribution in [2.75, 3.05) is 36.0 Å². The van der Waals surface area contributed by atoms with Crippen LogP contribution in [0, 0.1) is 11.6 Å². The van der Waals surface area contributed by atoms with Gasteiger partial charge in [-0.25, -0.2) is 18.1 Å².